The molecule has 0 bridgehead atoms. The molecule has 0 aliphatic heterocycles. The van der Waals surface area contributed by atoms with Crippen molar-refractivity contribution < 1.29 is 9.90 Å². The van der Waals surface area contributed by atoms with Crippen molar-refractivity contribution >= 4 is 11.7 Å². The Kier molecular flexibility index (Phi) is 3.81. The highest BCUT2D eigenvalue weighted by atomic mass is 16.4. The number of aliphatic carboxylic acids is 1. The number of nitrogens with one attached hydrogen (secondary N) is 1. The molecule has 0 spiro atoms. The first-order valence-corrected chi connectivity index (χ1v) is 5.80. The second-order valence-corrected chi connectivity index (χ2v) is 5.22. The van der Waals surface area contributed by atoms with Crippen molar-refractivity contribution in [3.05, 3.63) is 28.8 Å². The van der Waals surface area contributed by atoms with Crippen LogP contribution in [0.25, 0.3) is 0 Å². The van der Waals surface area contributed by atoms with Gasteiger partial charge in [0.2, 0.25) is 0 Å². The van der Waals surface area contributed by atoms with Crippen LogP contribution >= 0.6 is 0 Å². The average molecular weight is 235 g/mol. The molecule has 0 heterocycles. The summed E-state index contributed by atoms with van der Waals surface area (Å²) >= 11 is 0. The van der Waals surface area contributed by atoms with Crippen molar-refractivity contribution in [3.63, 3.8) is 0 Å². The first-order valence-electron chi connectivity index (χ1n) is 5.80. The van der Waals surface area contributed by atoms with E-state index in [9.17, 15) is 4.79 Å². The van der Waals surface area contributed by atoms with Gasteiger partial charge in [0.1, 0.15) is 0 Å². The largest absolute Gasteiger partial charge is 0.481 e. The Morgan fingerprint density at radius 1 is 1.24 bits per heavy atom. The third kappa shape index (κ3) is 2.99. The fourth-order valence-corrected chi connectivity index (χ4v) is 1.54. The summed E-state index contributed by atoms with van der Waals surface area (Å²) in [7, 11) is 0. The number of anilines is 1. The number of carboxylic acids is 1. The summed E-state index contributed by atoms with van der Waals surface area (Å²) in [5, 5.41) is 12.3. The van der Waals surface area contributed by atoms with Crippen LogP contribution in [-0.2, 0) is 4.79 Å². The summed E-state index contributed by atoms with van der Waals surface area (Å²) in [5.41, 5.74) is 3.95. The molecule has 3 heteroatoms. The third-order valence-electron chi connectivity index (χ3n) is 3.36. The van der Waals surface area contributed by atoms with Crippen molar-refractivity contribution in [1.82, 2.24) is 0 Å². The second kappa shape index (κ2) is 4.78. The summed E-state index contributed by atoms with van der Waals surface area (Å²) in [6, 6.07) is 4.06. The highest BCUT2D eigenvalue weighted by Gasteiger charge is 2.26. The Morgan fingerprint density at radius 3 is 2.35 bits per heavy atom. The van der Waals surface area contributed by atoms with Crippen molar-refractivity contribution in [2.45, 2.75) is 34.6 Å². The van der Waals surface area contributed by atoms with E-state index in [1.54, 1.807) is 13.8 Å². The molecule has 0 radical (unpaired) electrons. The molecular weight excluding hydrogens is 214 g/mol. The Hall–Kier alpha value is -1.51. The van der Waals surface area contributed by atoms with E-state index in [2.05, 4.69) is 32.2 Å². The zero-order valence-corrected chi connectivity index (χ0v) is 11.2. The van der Waals surface area contributed by atoms with E-state index in [0.717, 1.165) is 5.69 Å². The van der Waals surface area contributed by atoms with Crippen LogP contribution in [0.5, 0.6) is 0 Å². The molecular formula is C14H21NO2. The van der Waals surface area contributed by atoms with Gasteiger partial charge in [-0.1, -0.05) is 6.07 Å². The van der Waals surface area contributed by atoms with Crippen LogP contribution in [0.4, 0.5) is 5.69 Å². The summed E-state index contributed by atoms with van der Waals surface area (Å²) in [6.07, 6.45) is 0. The molecule has 0 atom stereocenters. The van der Waals surface area contributed by atoms with Gasteiger partial charge in [-0.3, -0.25) is 4.79 Å². The van der Waals surface area contributed by atoms with Crippen LogP contribution in [0.3, 0.4) is 0 Å². The lowest BCUT2D eigenvalue weighted by Gasteiger charge is -2.22. The van der Waals surface area contributed by atoms with E-state index in [-0.39, 0.29) is 0 Å². The second-order valence-electron chi connectivity index (χ2n) is 5.22. The number of benzene rings is 1. The fraction of sp³-hybridized carbons (Fsp3) is 0.500. The van der Waals surface area contributed by atoms with E-state index in [0.29, 0.717) is 6.54 Å². The third-order valence-corrected chi connectivity index (χ3v) is 3.36. The lowest BCUT2D eigenvalue weighted by Crippen LogP contribution is -2.32. The molecule has 1 aromatic carbocycles. The van der Waals surface area contributed by atoms with Crippen LogP contribution in [0, 0.1) is 26.2 Å². The van der Waals surface area contributed by atoms with E-state index in [1.165, 1.54) is 16.7 Å². The highest BCUT2D eigenvalue weighted by molar-refractivity contribution is 5.74. The van der Waals surface area contributed by atoms with E-state index in [1.807, 2.05) is 6.07 Å². The fourth-order valence-electron chi connectivity index (χ4n) is 1.54. The number of hydrogen-bond acceptors (Lipinski definition) is 2. The molecule has 0 aromatic heterocycles. The SMILES string of the molecule is Cc1ccc(NCC(C)(C)C(=O)O)c(C)c1C. The maximum Gasteiger partial charge on any atom is 0.310 e. The number of carboxylic acid groups (broad SMARTS) is 1. The summed E-state index contributed by atoms with van der Waals surface area (Å²) in [5.74, 6) is -0.786. The normalized spacial score (nSPS) is 11.4. The van der Waals surface area contributed by atoms with Gasteiger partial charge in [-0.2, -0.15) is 0 Å². The molecule has 1 aromatic rings. The monoisotopic (exact) mass is 235 g/mol. The Bertz CT molecular complexity index is 436. The molecule has 0 saturated carbocycles. The lowest BCUT2D eigenvalue weighted by atomic mass is 9.93. The number of aryl methyl sites for hydroxylation is 1. The minimum absolute atomic E-state index is 0.422. The number of carbonyl (C=O) groups is 1. The van der Waals surface area contributed by atoms with Crippen LogP contribution in [0.1, 0.15) is 30.5 Å². The molecule has 0 aliphatic carbocycles. The van der Waals surface area contributed by atoms with E-state index >= 15 is 0 Å². The number of hydrogen-bond donors (Lipinski definition) is 2. The van der Waals surface area contributed by atoms with Gasteiger partial charge in [0.25, 0.3) is 0 Å². The van der Waals surface area contributed by atoms with Crippen LogP contribution in [0.15, 0.2) is 12.1 Å². The molecule has 1 rings (SSSR count). The first-order chi connectivity index (χ1) is 7.75. The molecule has 94 valence electrons. The van der Waals surface area contributed by atoms with Gasteiger partial charge in [0.15, 0.2) is 0 Å². The Labute approximate surface area is 103 Å². The van der Waals surface area contributed by atoms with Gasteiger partial charge in [-0.15, -0.1) is 0 Å². The predicted molar refractivity (Wildman–Crippen MR) is 70.6 cm³/mol. The lowest BCUT2D eigenvalue weighted by molar-refractivity contribution is -0.146. The summed E-state index contributed by atoms with van der Waals surface area (Å²) in [4.78, 5) is 11.0. The van der Waals surface area contributed by atoms with Crippen molar-refractivity contribution in [2.24, 2.45) is 5.41 Å². The maximum absolute atomic E-state index is 11.0. The molecule has 0 amide bonds. The molecule has 0 aliphatic rings. The summed E-state index contributed by atoms with van der Waals surface area (Å²) in [6.45, 7) is 10.1. The van der Waals surface area contributed by atoms with Gasteiger partial charge in [-0.25, -0.2) is 0 Å². The molecule has 0 saturated heterocycles. The Balaban J connectivity index is 2.84. The standard InChI is InChI=1S/C14H21NO2/c1-9-6-7-12(11(3)10(9)2)15-8-14(4,5)13(16)17/h6-7,15H,8H2,1-5H3,(H,16,17). The van der Waals surface area contributed by atoms with Crippen LogP contribution in [0.2, 0.25) is 0 Å². The topological polar surface area (TPSA) is 49.3 Å². The summed E-state index contributed by atoms with van der Waals surface area (Å²) < 4.78 is 0. The molecule has 2 N–H and O–H groups in total. The van der Waals surface area contributed by atoms with Gasteiger partial charge >= 0.3 is 5.97 Å². The predicted octanol–water partition coefficient (Wildman–Crippen LogP) is 3.13. The molecule has 17 heavy (non-hydrogen) atoms. The average Bonchev–Trinajstić information content (AvgIpc) is 2.25. The first kappa shape index (κ1) is 13.6. The van der Waals surface area contributed by atoms with Gasteiger partial charge < -0.3 is 10.4 Å². The number of rotatable bonds is 4. The molecule has 0 fully saturated rings. The smallest absolute Gasteiger partial charge is 0.310 e. The molecule has 0 unspecified atom stereocenters. The Morgan fingerprint density at radius 2 is 1.82 bits per heavy atom. The quantitative estimate of drug-likeness (QED) is 0.843. The van der Waals surface area contributed by atoms with Gasteiger partial charge in [-0.05, 0) is 57.4 Å². The van der Waals surface area contributed by atoms with Crippen LogP contribution < -0.4 is 5.32 Å². The zero-order valence-electron chi connectivity index (χ0n) is 11.2. The minimum Gasteiger partial charge on any atom is -0.481 e. The van der Waals surface area contributed by atoms with Gasteiger partial charge in [0, 0.05) is 12.2 Å². The van der Waals surface area contributed by atoms with E-state index < -0.39 is 11.4 Å². The van der Waals surface area contributed by atoms with Crippen molar-refractivity contribution in [3.8, 4) is 0 Å². The highest BCUT2D eigenvalue weighted by Crippen LogP contribution is 2.23. The van der Waals surface area contributed by atoms with E-state index in [4.69, 9.17) is 5.11 Å². The van der Waals surface area contributed by atoms with Crippen molar-refractivity contribution in [2.75, 3.05) is 11.9 Å². The van der Waals surface area contributed by atoms with Crippen LogP contribution in [-0.4, -0.2) is 17.6 Å². The minimum atomic E-state index is -0.786. The van der Waals surface area contributed by atoms with Crippen molar-refractivity contribution in [1.29, 1.82) is 0 Å². The molecule has 3 nitrogen and oxygen atoms in total. The van der Waals surface area contributed by atoms with Gasteiger partial charge in [0.05, 0.1) is 5.41 Å². The zero-order chi connectivity index (χ0) is 13.2. The maximum atomic E-state index is 11.0.